The van der Waals surface area contributed by atoms with Gasteiger partial charge >= 0.3 is 5.97 Å². The molecule has 1 aliphatic rings. The number of aromatic nitrogens is 1. The lowest BCUT2D eigenvalue weighted by Crippen LogP contribution is -2.45. The highest BCUT2D eigenvalue weighted by molar-refractivity contribution is 7.98. The van der Waals surface area contributed by atoms with Crippen molar-refractivity contribution in [2.45, 2.75) is 39.2 Å². The zero-order valence-electron chi connectivity index (χ0n) is 18.8. The number of pyridine rings is 1. The molecule has 170 valence electrons. The molecule has 3 rings (SSSR count). The molecule has 1 N–H and O–H groups in total. The average Bonchev–Trinajstić information content (AvgIpc) is 2.75. The number of carbonyl (C=O) groups excluding carboxylic acids is 3. The van der Waals surface area contributed by atoms with Crippen LogP contribution in [0.3, 0.4) is 0 Å². The fourth-order valence-electron chi connectivity index (χ4n) is 3.99. The lowest BCUT2D eigenvalue weighted by Gasteiger charge is -2.32. The van der Waals surface area contributed by atoms with Gasteiger partial charge in [0, 0.05) is 23.4 Å². The van der Waals surface area contributed by atoms with Crippen LogP contribution >= 0.6 is 11.8 Å². The fourth-order valence-corrected chi connectivity index (χ4v) is 4.46. The molecule has 2 aromatic rings. The SMILES string of the molecule is COC(=O)[C@H](CCSC)NC(=O)c1cc2c(n(-c3ccccc3)c1=O)CC(C)(C)CC2=O. The Hall–Kier alpha value is -2.87. The largest absolute Gasteiger partial charge is 0.467 e. The second-order valence-corrected chi connectivity index (χ2v) is 9.65. The molecule has 1 heterocycles. The standard InChI is InChI=1S/C24H28N2O5S/c1-24(2)13-19-16(20(27)14-24)12-17(22(29)26(19)15-8-6-5-7-9-15)21(28)25-18(10-11-32-4)23(30)31-3/h5-9,12,18H,10-11,13-14H2,1-4H3,(H,25,28)/t18-/m0/s1. The van der Waals surface area contributed by atoms with Gasteiger partial charge in [0.1, 0.15) is 11.6 Å². The molecule has 0 fully saturated rings. The van der Waals surface area contributed by atoms with E-state index in [9.17, 15) is 19.2 Å². The van der Waals surface area contributed by atoms with E-state index in [4.69, 9.17) is 4.74 Å². The van der Waals surface area contributed by atoms with Crippen LogP contribution in [0.15, 0.2) is 41.2 Å². The first-order valence-electron chi connectivity index (χ1n) is 10.4. The van der Waals surface area contributed by atoms with Gasteiger partial charge < -0.3 is 10.1 Å². The summed E-state index contributed by atoms with van der Waals surface area (Å²) in [5.41, 5.74) is 0.568. The monoisotopic (exact) mass is 456 g/mol. The molecule has 1 aromatic carbocycles. The number of methoxy groups -OCH3 is 1. The molecule has 0 unspecified atom stereocenters. The number of esters is 1. The number of para-hydroxylation sites is 1. The molecule has 0 saturated heterocycles. The Balaban J connectivity index is 2.13. The van der Waals surface area contributed by atoms with Gasteiger partial charge in [-0.1, -0.05) is 32.0 Å². The summed E-state index contributed by atoms with van der Waals surface area (Å²) in [5.74, 6) is -0.753. The first kappa shape index (κ1) is 23.8. The summed E-state index contributed by atoms with van der Waals surface area (Å²) in [4.78, 5) is 51.7. The Morgan fingerprint density at radius 3 is 2.50 bits per heavy atom. The van der Waals surface area contributed by atoms with E-state index in [-0.39, 0.29) is 16.8 Å². The first-order chi connectivity index (χ1) is 15.2. The molecule has 7 nitrogen and oxygen atoms in total. The Bertz CT molecular complexity index is 1090. The molecule has 0 bridgehead atoms. The van der Waals surface area contributed by atoms with Gasteiger partial charge in [0.15, 0.2) is 5.78 Å². The molecule has 0 spiro atoms. The molecular weight excluding hydrogens is 428 g/mol. The third-order valence-electron chi connectivity index (χ3n) is 5.55. The fraction of sp³-hybridized carbons (Fsp3) is 0.417. The van der Waals surface area contributed by atoms with Gasteiger partial charge in [-0.15, -0.1) is 0 Å². The number of benzene rings is 1. The summed E-state index contributed by atoms with van der Waals surface area (Å²) < 4.78 is 6.26. The Kier molecular flexibility index (Phi) is 7.23. The minimum Gasteiger partial charge on any atom is -0.467 e. The van der Waals surface area contributed by atoms with E-state index in [1.807, 2.05) is 26.2 Å². The lowest BCUT2D eigenvalue weighted by atomic mass is 9.75. The summed E-state index contributed by atoms with van der Waals surface area (Å²) in [6, 6.07) is 9.47. The third-order valence-corrected chi connectivity index (χ3v) is 6.19. The number of rotatable bonds is 7. The van der Waals surface area contributed by atoms with Crippen LogP contribution in [0.25, 0.3) is 5.69 Å². The number of hydrogen-bond donors (Lipinski definition) is 1. The number of ketones is 1. The smallest absolute Gasteiger partial charge is 0.328 e. The highest BCUT2D eigenvalue weighted by Crippen LogP contribution is 2.35. The second kappa shape index (κ2) is 9.73. The summed E-state index contributed by atoms with van der Waals surface area (Å²) in [7, 11) is 1.25. The van der Waals surface area contributed by atoms with Crippen LogP contribution in [-0.2, 0) is 16.0 Å². The highest BCUT2D eigenvalue weighted by Gasteiger charge is 2.35. The lowest BCUT2D eigenvalue weighted by molar-refractivity contribution is -0.142. The molecule has 0 saturated carbocycles. The van der Waals surface area contributed by atoms with Gasteiger partial charge in [-0.2, -0.15) is 11.8 Å². The molecule has 8 heteroatoms. The van der Waals surface area contributed by atoms with Crippen LogP contribution in [0.2, 0.25) is 0 Å². The van der Waals surface area contributed by atoms with Crippen molar-refractivity contribution in [3.05, 3.63) is 63.6 Å². The van der Waals surface area contributed by atoms with Gasteiger partial charge in [0.25, 0.3) is 11.5 Å². The summed E-state index contributed by atoms with van der Waals surface area (Å²) >= 11 is 1.53. The number of amides is 1. The maximum absolute atomic E-state index is 13.5. The van der Waals surface area contributed by atoms with Gasteiger partial charge in [0.2, 0.25) is 0 Å². The number of nitrogens with zero attached hydrogens (tertiary/aromatic N) is 1. The number of ether oxygens (including phenoxy) is 1. The van der Waals surface area contributed by atoms with E-state index in [2.05, 4.69) is 5.32 Å². The van der Waals surface area contributed by atoms with E-state index < -0.39 is 23.5 Å². The molecule has 32 heavy (non-hydrogen) atoms. The van der Waals surface area contributed by atoms with Crippen molar-refractivity contribution in [3.63, 3.8) is 0 Å². The van der Waals surface area contributed by atoms with Gasteiger partial charge in [-0.05, 0) is 48.5 Å². The highest BCUT2D eigenvalue weighted by atomic mass is 32.2. The number of nitrogens with one attached hydrogen (secondary N) is 1. The summed E-state index contributed by atoms with van der Waals surface area (Å²) in [6.07, 6.45) is 3.11. The Morgan fingerprint density at radius 2 is 1.88 bits per heavy atom. The maximum Gasteiger partial charge on any atom is 0.328 e. The van der Waals surface area contributed by atoms with Crippen molar-refractivity contribution in [1.82, 2.24) is 9.88 Å². The van der Waals surface area contributed by atoms with Crippen molar-refractivity contribution in [3.8, 4) is 5.69 Å². The minimum absolute atomic E-state index is 0.109. The van der Waals surface area contributed by atoms with Gasteiger partial charge in [-0.25, -0.2) is 4.79 Å². The number of carbonyl (C=O) groups is 3. The average molecular weight is 457 g/mol. The quantitative estimate of drug-likeness (QED) is 0.644. The van der Waals surface area contributed by atoms with Crippen LogP contribution in [0.4, 0.5) is 0 Å². The van der Waals surface area contributed by atoms with E-state index in [0.29, 0.717) is 42.0 Å². The van der Waals surface area contributed by atoms with Crippen LogP contribution in [0, 0.1) is 5.41 Å². The minimum atomic E-state index is -0.879. The maximum atomic E-state index is 13.5. The number of Topliss-reactive ketones (excluding diaryl/α,β-unsaturated/α-hetero) is 1. The van der Waals surface area contributed by atoms with Crippen molar-refractivity contribution in [2.75, 3.05) is 19.1 Å². The summed E-state index contributed by atoms with van der Waals surface area (Å²) in [5, 5.41) is 2.62. The second-order valence-electron chi connectivity index (χ2n) is 8.67. The number of thioether (sulfide) groups is 1. The molecule has 1 atom stereocenters. The van der Waals surface area contributed by atoms with E-state index >= 15 is 0 Å². The molecule has 0 aliphatic heterocycles. The van der Waals surface area contributed by atoms with Crippen molar-refractivity contribution in [1.29, 1.82) is 0 Å². The van der Waals surface area contributed by atoms with Crippen LogP contribution in [0.5, 0.6) is 0 Å². The predicted molar refractivity (Wildman–Crippen MR) is 125 cm³/mol. The predicted octanol–water partition coefficient (Wildman–Crippen LogP) is 3.02. The topological polar surface area (TPSA) is 94.5 Å². The zero-order chi connectivity index (χ0) is 23.5. The normalized spacial score (nSPS) is 15.6. The zero-order valence-corrected chi connectivity index (χ0v) is 19.6. The first-order valence-corrected chi connectivity index (χ1v) is 11.8. The molecule has 1 aromatic heterocycles. The summed E-state index contributed by atoms with van der Waals surface area (Å²) in [6.45, 7) is 3.97. The van der Waals surface area contributed by atoms with E-state index in [1.54, 1.807) is 24.3 Å². The van der Waals surface area contributed by atoms with Crippen molar-refractivity contribution >= 4 is 29.4 Å². The molecule has 1 aliphatic carbocycles. The van der Waals surface area contributed by atoms with Crippen LogP contribution in [0.1, 0.15) is 53.1 Å². The number of hydrogen-bond acceptors (Lipinski definition) is 6. The van der Waals surface area contributed by atoms with E-state index in [0.717, 1.165) is 0 Å². The van der Waals surface area contributed by atoms with Crippen molar-refractivity contribution in [2.24, 2.45) is 5.41 Å². The third kappa shape index (κ3) is 4.96. The van der Waals surface area contributed by atoms with Gasteiger partial charge in [-0.3, -0.25) is 19.0 Å². The molecular formula is C24H28N2O5S. The van der Waals surface area contributed by atoms with E-state index in [1.165, 1.54) is 29.5 Å². The Labute approximate surface area is 191 Å². The van der Waals surface area contributed by atoms with Crippen LogP contribution in [-0.4, -0.2) is 47.4 Å². The van der Waals surface area contributed by atoms with Crippen molar-refractivity contribution < 1.29 is 19.1 Å². The number of fused-ring (bicyclic) bond motifs is 1. The Morgan fingerprint density at radius 1 is 1.19 bits per heavy atom. The molecule has 1 amide bonds. The van der Waals surface area contributed by atoms with Gasteiger partial charge in [0.05, 0.1) is 7.11 Å². The van der Waals surface area contributed by atoms with Crippen LogP contribution < -0.4 is 10.9 Å². The molecule has 0 radical (unpaired) electrons.